The molecule has 0 aliphatic heterocycles. The zero-order chi connectivity index (χ0) is 23.1. The quantitative estimate of drug-likeness (QED) is 0.449. The van der Waals surface area contributed by atoms with Crippen LogP contribution in [0.15, 0.2) is 52.1 Å². The standard InChI is InChI=1S/C24H28N4O3S/c1-5-15(2)22(29)27-19-9-6-8-18(12-19)13-26-23(30)20-10-7-11-25-24(20)32-14-21-16(3)28-31-17(21)4/h6-12,15H,5,13-14H2,1-4H3,(H,26,30)(H,27,29). The molecule has 0 bridgehead atoms. The fourth-order valence-electron chi connectivity index (χ4n) is 3.01. The molecule has 2 N–H and O–H groups in total. The van der Waals surface area contributed by atoms with E-state index < -0.39 is 0 Å². The van der Waals surface area contributed by atoms with Crippen LogP contribution in [-0.4, -0.2) is 22.0 Å². The minimum Gasteiger partial charge on any atom is -0.361 e. The van der Waals surface area contributed by atoms with E-state index in [0.717, 1.165) is 34.7 Å². The fraction of sp³-hybridized carbons (Fsp3) is 0.333. The molecular weight excluding hydrogens is 424 g/mol. The number of anilines is 1. The predicted molar refractivity (Wildman–Crippen MR) is 125 cm³/mol. The molecule has 1 aromatic carbocycles. The van der Waals surface area contributed by atoms with Gasteiger partial charge in [0.25, 0.3) is 5.91 Å². The number of nitrogens with zero attached hydrogens (tertiary/aromatic N) is 2. The lowest BCUT2D eigenvalue weighted by molar-refractivity contribution is -0.119. The summed E-state index contributed by atoms with van der Waals surface area (Å²) in [5.74, 6) is 1.14. The molecule has 2 amide bonds. The maximum atomic E-state index is 12.9. The van der Waals surface area contributed by atoms with Crippen LogP contribution in [0.25, 0.3) is 0 Å². The van der Waals surface area contributed by atoms with Crippen molar-refractivity contribution in [3.8, 4) is 0 Å². The summed E-state index contributed by atoms with van der Waals surface area (Å²) < 4.78 is 5.21. The van der Waals surface area contributed by atoms with Crippen LogP contribution in [0.1, 0.15) is 53.2 Å². The highest BCUT2D eigenvalue weighted by Crippen LogP contribution is 2.27. The number of hydrogen-bond donors (Lipinski definition) is 2. The molecule has 8 heteroatoms. The van der Waals surface area contributed by atoms with Crippen LogP contribution in [0.3, 0.4) is 0 Å². The smallest absolute Gasteiger partial charge is 0.254 e. The van der Waals surface area contributed by atoms with Crippen LogP contribution in [0.5, 0.6) is 0 Å². The first-order chi connectivity index (χ1) is 15.4. The Morgan fingerprint density at radius 2 is 2.00 bits per heavy atom. The summed E-state index contributed by atoms with van der Waals surface area (Å²) in [7, 11) is 0. The second-order valence-corrected chi connectivity index (χ2v) is 8.59. The van der Waals surface area contributed by atoms with Gasteiger partial charge in [-0.2, -0.15) is 0 Å². The van der Waals surface area contributed by atoms with Gasteiger partial charge in [-0.1, -0.05) is 31.1 Å². The zero-order valence-electron chi connectivity index (χ0n) is 18.8. The maximum Gasteiger partial charge on any atom is 0.254 e. The van der Waals surface area contributed by atoms with E-state index in [1.54, 1.807) is 18.3 Å². The van der Waals surface area contributed by atoms with Crippen LogP contribution in [0, 0.1) is 19.8 Å². The minimum atomic E-state index is -0.201. The lowest BCUT2D eigenvalue weighted by Crippen LogP contribution is -2.24. The number of aromatic nitrogens is 2. The van der Waals surface area contributed by atoms with Gasteiger partial charge in [0.1, 0.15) is 10.8 Å². The van der Waals surface area contributed by atoms with E-state index in [1.807, 2.05) is 52.0 Å². The number of pyridine rings is 1. The first-order valence-corrected chi connectivity index (χ1v) is 11.5. The van der Waals surface area contributed by atoms with Crippen molar-refractivity contribution in [2.45, 2.75) is 51.4 Å². The number of aryl methyl sites for hydroxylation is 2. The Balaban J connectivity index is 1.63. The maximum absolute atomic E-state index is 12.9. The van der Waals surface area contributed by atoms with Gasteiger partial charge in [-0.3, -0.25) is 9.59 Å². The van der Waals surface area contributed by atoms with Crippen LogP contribution in [0.4, 0.5) is 5.69 Å². The monoisotopic (exact) mass is 452 g/mol. The Hall–Kier alpha value is -3.13. The third-order valence-electron chi connectivity index (χ3n) is 5.26. The molecule has 0 saturated heterocycles. The van der Waals surface area contributed by atoms with E-state index in [1.165, 1.54) is 11.8 Å². The topological polar surface area (TPSA) is 97.1 Å². The average Bonchev–Trinajstić information content (AvgIpc) is 3.13. The summed E-state index contributed by atoms with van der Waals surface area (Å²) in [5.41, 5.74) is 4.00. The number of benzene rings is 1. The Morgan fingerprint density at radius 3 is 2.72 bits per heavy atom. The van der Waals surface area contributed by atoms with Crippen molar-refractivity contribution in [1.29, 1.82) is 0 Å². The van der Waals surface area contributed by atoms with Gasteiger partial charge in [0, 0.05) is 35.7 Å². The average molecular weight is 453 g/mol. The van der Waals surface area contributed by atoms with E-state index in [0.29, 0.717) is 22.9 Å². The van der Waals surface area contributed by atoms with E-state index in [2.05, 4.69) is 20.8 Å². The summed E-state index contributed by atoms with van der Waals surface area (Å²) in [5, 5.41) is 10.5. The number of carbonyl (C=O) groups is 2. The van der Waals surface area contributed by atoms with Crippen molar-refractivity contribution in [1.82, 2.24) is 15.5 Å². The van der Waals surface area contributed by atoms with Gasteiger partial charge in [-0.15, -0.1) is 11.8 Å². The molecule has 7 nitrogen and oxygen atoms in total. The lowest BCUT2D eigenvalue weighted by Gasteiger charge is -2.12. The zero-order valence-corrected chi connectivity index (χ0v) is 19.6. The van der Waals surface area contributed by atoms with Crippen LogP contribution in [-0.2, 0) is 17.1 Å². The largest absolute Gasteiger partial charge is 0.361 e. The molecular formula is C24H28N4O3S. The molecule has 0 aliphatic carbocycles. The molecule has 168 valence electrons. The van der Waals surface area contributed by atoms with Gasteiger partial charge in [-0.25, -0.2) is 4.98 Å². The van der Waals surface area contributed by atoms with Gasteiger partial charge in [-0.05, 0) is 50.1 Å². The van der Waals surface area contributed by atoms with Crippen molar-refractivity contribution in [3.63, 3.8) is 0 Å². The minimum absolute atomic E-state index is 0.0102. The van der Waals surface area contributed by atoms with Crippen molar-refractivity contribution < 1.29 is 14.1 Å². The second kappa shape index (κ2) is 10.9. The molecule has 3 aromatic rings. The first-order valence-electron chi connectivity index (χ1n) is 10.6. The van der Waals surface area contributed by atoms with E-state index >= 15 is 0 Å². The van der Waals surface area contributed by atoms with E-state index in [9.17, 15) is 9.59 Å². The van der Waals surface area contributed by atoms with Crippen molar-refractivity contribution >= 4 is 29.3 Å². The number of thioether (sulfide) groups is 1. The van der Waals surface area contributed by atoms with Gasteiger partial charge >= 0.3 is 0 Å². The third-order valence-corrected chi connectivity index (χ3v) is 6.29. The van der Waals surface area contributed by atoms with Crippen LogP contribution < -0.4 is 10.6 Å². The van der Waals surface area contributed by atoms with Crippen molar-refractivity contribution in [3.05, 3.63) is 70.7 Å². The number of nitrogens with one attached hydrogen (secondary N) is 2. The van der Waals surface area contributed by atoms with Crippen LogP contribution in [0.2, 0.25) is 0 Å². The molecule has 2 aromatic heterocycles. The molecule has 0 spiro atoms. The van der Waals surface area contributed by atoms with Gasteiger partial charge in [0.05, 0.1) is 11.3 Å². The summed E-state index contributed by atoms with van der Waals surface area (Å²) in [4.78, 5) is 29.4. The van der Waals surface area contributed by atoms with Crippen molar-refractivity contribution in [2.75, 3.05) is 5.32 Å². The number of hydrogen-bond acceptors (Lipinski definition) is 6. The molecule has 2 heterocycles. The first kappa shape index (κ1) is 23.5. The summed E-state index contributed by atoms with van der Waals surface area (Å²) in [6.07, 6.45) is 2.46. The molecule has 1 atom stereocenters. The Labute approximate surface area is 192 Å². The highest BCUT2D eigenvalue weighted by atomic mass is 32.2. The normalized spacial score (nSPS) is 11.8. The Morgan fingerprint density at radius 1 is 1.19 bits per heavy atom. The fourth-order valence-corrected chi connectivity index (χ4v) is 4.16. The Kier molecular flexibility index (Phi) is 8.05. The summed E-state index contributed by atoms with van der Waals surface area (Å²) in [6, 6.07) is 11.0. The summed E-state index contributed by atoms with van der Waals surface area (Å²) in [6.45, 7) is 8.00. The number of rotatable bonds is 9. The molecule has 0 saturated carbocycles. The van der Waals surface area contributed by atoms with E-state index in [-0.39, 0.29) is 17.7 Å². The van der Waals surface area contributed by atoms with Gasteiger partial charge < -0.3 is 15.2 Å². The molecule has 0 fully saturated rings. The predicted octanol–water partition coefficient (Wildman–Crippen LogP) is 4.89. The highest BCUT2D eigenvalue weighted by molar-refractivity contribution is 7.98. The van der Waals surface area contributed by atoms with Gasteiger partial charge in [0.2, 0.25) is 5.91 Å². The highest BCUT2D eigenvalue weighted by Gasteiger charge is 2.16. The third kappa shape index (κ3) is 5.97. The number of amides is 2. The van der Waals surface area contributed by atoms with Crippen molar-refractivity contribution in [2.24, 2.45) is 5.92 Å². The summed E-state index contributed by atoms with van der Waals surface area (Å²) >= 11 is 1.48. The second-order valence-electron chi connectivity index (χ2n) is 7.63. The molecule has 3 rings (SSSR count). The van der Waals surface area contributed by atoms with Gasteiger partial charge in [0.15, 0.2) is 0 Å². The Bertz CT molecular complexity index is 1080. The SMILES string of the molecule is CCC(C)C(=O)Nc1cccc(CNC(=O)c2cccnc2SCc2c(C)noc2C)c1. The lowest BCUT2D eigenvalue weighted by atomic mass is 10.1. The number of carbonyl (C=O) groups excluding carboxylic acids is 2. The van der Waals surface area contributed by atoms with Crippen LogP contribution >= 0.6 is 11.8 Å². The molecule has 32 heavy (non-hydrogen) atoms. The van der Waals surface area contributed by atoms with E-state index in [4.69, 9.17) is 4.52 Å². The molecule has 1 unspecified atom stereocenters. The molecule has 0 radical (unpaired) electrons. The molecule has 0 aliphatic rings.